The summed E-state index contributed by atoms with van der Waals surface area (Å²) in [5.74, 6) is 0.698. The van der Waals surface area contributed by atoms with Gasteiger partial charge >= 0.3 is 0 Å². The molecule has 6 heteroatoms. The number of rotatable bonds is 2. The van der Waals surface area contributed by atoms with Crippen molar-refractivity contribution in [3.63, 3.8) is 0 Å². The number of hydrogen-bond acceptors (Lipinski definition) is 4. The van der Waals surface area contributed by atoms with Gasteiger partial charge in [-0.25, -0.2) is 0 Å². The van der Waals surface area contributed by atoms with Crippen LogP contribution in [-0.4, -0.2) is 56.5 Å². The summed E-state index contributed by atoms with van der Waals surface area (Å²) in [4.78, 5) is 26.3. The standard InChI is InChI=1S/C21H29N3O3/c1-22-19(25)13-24-12-6-11-21(16-24)10-5-4-8-17-7-2-3-9-18(17)27-14-20(26)23-15-21/h2-5,7,9H,6,8,10-16H2,1H3,(H,22,25)(H,23,26)/b5-4+. The van der Waals surface area contributed by atoms with Crippen LogP contribution in [0.5, 0.6) is 5.75 Å². The van der Waals surface area contributed by atoms with Crippen LogP contribution in [0.1, 0.15) is 24.8 Å². The highest BCUT2D eigenvalue weighted by Crippen LogP contribution is 2.34. The zero-order chi connectivity index (χ0) is 19.1. The van der Waals surface area contributed by atoms with E-state index in [2.05, 4.69) is 27.7 Å². The van der Waals surface area contributed by atoms with Crippen molar-refractivity contribution in [2.24, 2.45) is 5.41 Å². The smallest absolute Gasteiger partial charge is 0.257 e. The molecule has 2 amide bonds. The third-order valence-corrected chi connectivity index (χ3v) is 5.43. The molecule has 2 aliphatic heterocycles. The minimum absolute atomic E-state index is 0.0266. The lowest BCUT2D eigenvalue weighted by atomic mass is 9.76. The highest BCUT2D eigenvalue weighted by molar-refractivity contribution is 5.78. The second-order valence-corrected chi connectivity index (χ2v) is 7.54. The Morgan fingerprint density at radius 2 is 2.19 bits per heavy atom. The Balaban J connectivity index is 1.74. The fourth-order valence-electron chi connectivity index (χ4n) is 3.95. The van der Waals surface area contributed by atoms with Gasteiger partial charge in [0.25, 0.3) is 5.91 Å². The van der Waals surface area contributed by atoms with Crippen molar-refractivity contribution in [3.05, 3.63) is 42.0 Å². The first-order valence-electron chi connectivity index (χ1n) is 9.66. The van der Waals surface area contributed by atoms with Gasteiger partial charge in [0.2, 0.25) is 5.91 Å². The van der Waals surface area contributed by atoms with Crippen LogP contribution in [0.4, 0.5) is 0 Å². The van der Waals surface area contributed by atoms with E-state index >= 15 is 0 Å². The Bertz CT molecular complexity index is 704. The van der Waals surface area contributed by atoms with E-state index in [4.69, 9.17) is 4.74 Å². The zero-order valence-electron chi connectivity index (χ0n) is 16.0. The summed E-state index contributed by atoms with van der Waals surface area (Å²) in [6, 6.07) is 7.85. The summed E-state index contributed by atoms with van der Waals surface area (Å²) in [5, 5.41) is 5.75. The van der Waals surface area contributed by atoms with Gasteiger partial charge < -0.3 is 15.4 Å². The second kappa shape index (κ2) is 9.04. The molecule has 0 bridgehead atoms. The summed E-state index contributed by atoms with van der Waals surface area (Å²) in [5.41, 5.74) is 1.04. The predicted octanol–water partition coefficient (Wildman–Crippen LogP) is 1.51. The molecule has 2 aliphatic rings. The first-order valence-corrected chi connectivity index (χ1v) is 9.66. The third kappa shape index (κ3) is 5.32. The quantitative estimate of drug-likeness (QED) is 0.773. The van der Waals surface area contributed by atoms with Gasteiger partial charge in [-0.2, -0.15) is 0 Å². The fraction of sp³-hybridized carbons (Fsp3) is 0.524. The fourth-order valence-corrected chi connectivity index (χ4v) is 3.95. The highest BCUT2D eigenvalue weighted by Gasteiger charge is 2.35. The van der Waals surface area contributed by atoms with Crippen molar-refractivity contribution in [3.8, 4) is 5.75 Å². The van der Waals surface area contributed by atoms with Crippen LogP contribution in [0.3, 0.4) is 0 Å². The molecule has 1 atom stereocenters. The number of para-hydroxylation sites is 1. The maximum Gasteiger partial charge on any atom is 0.257 e. The Morgan fingerprint density at radius 1 is 1.33 bits per heavy atom. The van der Waals surface area contributed by atoms with Gasteiger partial charge in [-0.15, -0.1) is 0 Å². The SMILES string of the molecule is CNC(=O)CN1CCCC2(C/C=C/Cc3ccccc3OCC(=O)NC2)C1. The molecular formula is C21H29N3O3. The van der Waals surface area contributed by atoms with Gasteiger partial charge in [0, 0.05) is 25.6 Å². The molecule has 1 spiro atoms. The van der Waals surface area contributed by atoms with Gasteiger partial charge in [-0.05, 0) is 43.9 Å². The maximum atomic E-state index is 12.3. The summed E-state index contributed by atoms with van der Waals surface area (Å²) in [6.07, 6.45) is 8.15. The molecule has 1 aromatic carbocycles. The number of fused-ring (bicyclic) bond motifs is 1. The van der Waals surface area contributed by atoms with Crippen LogP contribution >= 0.6 is 0 Å². The Hall–Kier alpha value is -2.34. The minimum atomic E-state index is -0.0999. The molecule has 27 heavy (non-hydrogen) atoms. The van der Waals surface area contributed by atoms with Crippen molar-refractivity contribution >= 4 is 11.8 Å². The lowest BCUT2D eigenvalue weighted by Crippen LogP contribution is -2.51. The Morgan fingerprint density at radius 3 is 3.04 bits per heavy atom. The largest absolute Gasteiger partial charge is 0.483 e. The molecule has 1 unspecified atom stereocenters. The van der Waals surface area contributed by atoms with Crippen LogP contribution in [-0.2, 0) is 16.0 Å². The van der Waals surface area contributed by atoms with E-state index in [0.29, 0.717) is 13.1 Å². The highest BCUT2D eigenvalue weighted by atomic mass is 16.5. The summed E-state index contributed by atoms with van der Waals surface area (Å²) >= 11 is 0. The monoisotopic (exact) mass is 371 g/mol. The van der Waals surface area contributed by atoms with Gasteiger partial charge in [0.15, 0.2) is 6.61 Å². The molecule has 2 N–H and O–H groups in total. The molecule has 2 heterocycles. The first-order chi connectivity index (χ1) is 13.1. The molecule has 0 aliphatic carbocycles. The third-order valence-electron chi connectivity index (χ3n) is 5.43. The molecule has 0 saturated carbocycles. The number of carbonyl (C=O) groups is 2. The van der Waals surface area contributed by atoms with E-state index in [0.717, 1.165) is 50.1 Å². The lowest BCUT2D eigenvalue weighted by Gasteiger charge is -2.42. The van der Waals surface area contributed by atoms with Crippen molar-refractivity contribution in [2.45, 2.75) is 25.7 Å². The maximum absolute atomic E-state index is 12.3. The number of carbonyl (C=O) groups excluding carboxylic acids is 2. The number of benzene rings is 1. The number of allylic oxidation sites excluding steroid dienone is 2. The van der Waals surface area contributed by atoms with Gasteiger partial charge in [-0.3, -0.25) is 14.5 Å². The van der Waals surface area contributed by atoms with Crippen LogP contribution in [0.15, 0.2) is 36.4 Å². The zero-order valence-corrected chi connectivity index (χ0v) is 16.0. The lowest BCUT2D eigenvalue weighted by molar-refractivity contribution is -0.125. The summed E-state index contributed by atoms with van der Waals surface area (Å²) < 4.78 is 5.73. The second-order valence-electron chi connectivity index (χ2n) is 7.54. The number of ether oxygens (including phenoxy) is 1. The number of nitrogens with zero attached hydrogens (tertiary/aromatic N) is 1. The van der Waals surface area contributed by atoms with E-state index in [-0.39, 0.29) is 23.8 Å². The van der Waals surface area contributed by atoms with Crippen molar-refractivity contribution < 1.29 is 14.3 Å². The van der Waals surface area contributed by atoms with Crippen LogP contribution in [0.25, 0.3) is 0 Å². The van der Waals surface area contributed by atoms with Gasteiger partial charge in [0.1, 0.15) is 5.75 Å². The number of piperidine rings is 1. The van der Waals surface area contributed by atoms with E-state index in [9.17, 15) is 9.59 Å². The predicted molar refractivity (Wildman–Crippen MR) is 105 cm³/mol. The van der Waals surface area contributed by atoms with Crippen LogP contribution in [0, 0.1) is 5.41 Å². The molecule has 6 nitrogen and oxygen atoms in total. The molecule has 1 aromatic rings. The van der Waals surface area contributed by atoms with E-state index in [1.165, 1.54) is 0 Å². The summed E-state index contributed by atoms with van der Waals surface area (Å²) in [6.45, 7) is 2.77. The van der Waals surface area contributed by atoms with Gasteiger partial charge in [0.05, 0.1) is 6.54 Å². The number of hydrogen-bond donors (Lipinski definition) is 2. The number of likely N-dealkylation sites (tertiary alicyclic amines) is 1. The Labute approximate surface area is 161 Å². The minimum Gasteiger partial charge on any atom is -0.483 e. The normalized spacial score (nSPS) is 25.3. The van der Waals surface area contributed by atoms with Crippen LogP contribution < -0.4 is 15.4 Å². The van der Waals surface area contributed by atoms with Gasteiger partial charge in [-0.1, -0.05) is 30.4 Å². The molecule has 1 saturated heterocycles. The molecule has 3 rings (SSSR count). The number of nitrogens with one attached hydrogen (secondary N) is 2. The summed E-state index contributed by atoms with van der Waals surface area (Å²) in [7, 11) is 1.67. The van der Waals surface area contributed by atoms with Crippen LogP contribution in [0.2, 0.25) is 0 Å². The van der Waals surface area contributed by atoms with E-state index in [1.54, 1.807) is 7.05 Å². The molecular weight excluding hydrogens is 342 g/mol. The number of amides is 2. The topological polar surface area (TPSA) is 70.7 Å². The Kier molecular flexibility index (Phi) is 6.50. The van der Waals surface area contributed by atoms with Crippen molar-refractivity contribution in [1.82, 2.24) is 15.5 Å². The average molecular weight is 371 g/mol. The molecule has 0 radical (unpaired) electrons. The van der Waals surface area contributed by atoms with Crippen molar-refractivity contribution in [1.29, 1.82) is 0 Å². The van der Waals surface area contributed by atoms with E-state index in [1.807, 2.05) is 24.3 Å². The molecule has 1 fully saturated rings. The number of likely N-dealkylation sites (N-methyl/N-ethyl adjacent to an activating group) is 1. The van der Waals surface area contributed by atoms with Crippen molar-refractivity contribution in [2.75, 3.05) is 39.8 Å². The molecule has 0 aromatic heterocycles. The average Bonchev–Trinajstić information content (AvgIpc) is 2.68. The molecule has 146 valence electrons. The first kappa shape index (κ1) is 19.4. The van der Waals surface area contributed by atoms with E-state index < -0.39 is 0 Å².